The molecule has 0 aliphatic rings. The van der Waals surface area contributed by atoms with Gasteiger partial charge in [0.25, 0.3) is 5.56 Å². The van der Waals surface area contributed by atoms with E-state index in [-0.39, 0.29) is 11.1 Å². The number of aromatic amines is 1. The largest absolute Gasteiger partial charge is 0.364 e. The predicted octanol–water partition coefficient (Wildman–Crippen LogP) is 3.36. The summed E-state index contributed by atoms with van der Waals surface area (Å²) in [6.07, 6.45) is 3.32. The number of halogens is 1. The van der Waals surface area contributed by atoms with Crippen molar-refractivity contribution in [3.05, 3.63) is 57.0 Å². The van der Waals surface area contributed by atoms with Crippen molar-refractivity contribution in [2.75, 3.05) is 5.32 Å². The Balaban J connectivity index is 2.04. The number of anilines is 1. The van der Waals surface area contributed by atoms with Gasteiger partial charge in [0.05, 0.1) is 6.33 Å². The summed E-state index contributed by atoms with van der Waals surface area (Å²) in [7, 11) is 0. The van der Waals surface area contributed by atoms with Gasteiger partial charge in [-0.05, 0) is 48.2 Å². The van der Waals surface area contributed by atoms with Crippen LogP contribution >= 0.6 is 15.9 Å². The summed E-state index contributed by atoms with van der Waals surface area (Å²) in [5, 5.41) is 3.32. The molecular weight excluding hydrogens is 318 g/mol. The van der Waals surface area contributed by atoms with Gasteiger partial charge >= 0.3 is 0 Å². The molecule has 20 heavy (non-hydrogen) atoms. The monoisotopic (exact) mass is 335 g/mol. The van der Waals surface area contributed by atoms with Gasteiger partial charge in [-0.15, -0.1) is 0 Å². The van der Waals surface area contributed by atoms with Gasteiger partial charge < -0.3 is 10.3 Å². The van der Waals surface area contributed by atoms with Gasteiger partial charge in [-0.25, -0.2) is 4.98 Å². The van der Waals surface area contributed by atoms with Crippen LogP contribution in [0.1, 0.15) is 25.8 Å². The van der Waals surface area contributed by atoms with Gasteiger partial charge in [0.1, 0.15) is 10.3 Å². The van der Waals surface area contributed by atoms with Gasteiger partial charge in [-0.3, -0.25) is 4.79 Å². The van der Waals surface area contributed by atoms with Crippen molar-refractivity contribution in [1.29, 1.82) is 0 Å². The molecule has 0 atom stereocenters. The maximum atomic E-state index is 11.5. The van der Waals surface area contributed by atoms with Gasteiger partial charge in [0, 0.05) is 5.54 Å². The van der Waals surface area contributed by atoms with Crippen molar-refractivity contribution in [1.82, 2.24) is 9.97 Å². The lowest BCUT2D eigenvalue weighted by Crippen LogP contribution is -2.33. The SMILES string of the molecule is CC(C)(CCc1ccccc1)Nc1nc[nH]c(=O)c1Br. The molecular formula is C15H18BrN3O. The number of hydrogen-bond acceptors (Lipinski definition) is 3. The number of nitrogens with zero attached hydrogens (tertiary/aromatic N) is 1. The molecule has 2 N–H and O–H groups in total. The van der Waals surface area contributed by atoms with E-state index in [0.29, 0.717) is 10.3 Å². The zero-order valence-corrected chi connectivity index (χ0v) is 13.2. The van der Waals surface area contributed by atoms with Crippen LogP contribution in [0.3, 0.4) is 0 Å². The first-order valence-electron chi connectivity index (χ1n) is 6.53. The fourth-order valence-corrected chi connectivity index (χ4v) is 2.27. The molecule has 106 valence electrons. The van der Waals surface area contributed by atoms with Crippen LogP contribution in [0, 0.1) is 0 Å². The standard InChI is InChI=1S/C15H18BrN3O/c1-15(2,9-8-11-6-4-3-5-7-11)19-13-12(16)14(20)18-10-17-13/h3-7,10H,8-9H2,1-2H3,(H2,17,18,19,20). The molecule has 0 unspecified atom stereocenters. The first-order valence-corrected chi connectivity index (χ1v) is 7.32. The Morgan fingerprint density at radius 1 is 1.30 bits per heavy atom. The van der Waals surface area contributed by atoms with Crippen LogP contribution in [0.15, 0.2) is 45.9 Å². The Labute approximate surface area is 126 Å². The third-order valence-electron chi connectivity index (χ3n) is 3.13. The lowest BCUT2D eigenvalue weighted by molar-refractivity contribution is 0.516. The summed E-state index contributed by atoms with van der Waals surface area (Å²) in [5.74, 6) is 0.576. The van der Waals surface area contributed by atoms with Gasteiger partial charge in [0.2, 0.25) is 0 Å². The molecule has 1 aromatic heterocycles. The third-order valence-corrected chi connectivity index (χ3v) is 3.87. The highest BCUT2D eigenvalue weighted by Crippen LogP contribution is 2.22. The molecule has 0 aliphatic carbocycles. The maximum absolute atomic E-state index is 11.5. The molecule has 2 rings (SSSR count). The zero-order valence-electron chi connectivity index (χ0n) is 11.6. The van der Waals surface area contributed by atoms with E-state index in [4.69, 9.17) is 0 Å². The van der Waals surface area contributed by atoms with Crippen LogP contribution < -0.4 is 10.9 Å². The van der Waals surface area contributed by atoms with E-state index in [1.54, 1.807) is 0 Å². The molecule has 0 saturated heterocycles. The van der Waals surface area contributed by atoms with E-state index in [1.807, 2.05) is 18.2 Å². The summed E-state index contributed by atoms with van der Waals surface area (Å²) in [6, 6.07) is 10.4. The van der Waals surface area contributed by atoms with Crippen molar-refractivity contribution >= 4 is 21.7 Å². The minimum Gasteiger partial charge on any atom is -0.364 e. The fraction of sp³-hybridized carbons (Fsp3) is 0.333. The number of H-pyrrole nitrogens is 1. The lowest BCUT2D eigenvalue weighted by Gasteiger charge is -2.27. The molecule has 0 bridgehead atoms. The Morgan fingerprint density at radius 2 is 2.00 bits per heavy atom. The lowest BCUT2D eigenvalue weighted by atomic mass is 9.95. The topological polar surface area (TPSA) is 57.8 Å². The molecule has 0 radical (unpaired) electrons. The Kier molecular flexibility index (Phi) is 4.60. The van der Waals surface area contributed by atoms with E-state index in [9.17, 15) is 4.79 Å². The van der Waals surface area contributed by atoms with E-state index < -0.39 is 0 Å². The normalized spacial score (nSPS) is 11.3. The summed E-state index contributed by atoms with van der Waals surface area (Å²) >= 11 is 3.26. The van der Waals surface area contributed by atoms with Crippen LogP contribution in [0.25, 0.3) is 0 Å². The molecule has 0 fully saturated rings. The van der Waals surface area contributed by atoms with E-state index in [2.05, 4.69) is 57.2 Å². The molecule has 4 nitrogen and oxygen atoms in total. The fourth-order valence-electron chi connectivity index (χ4n) is 1.95. The van der Waals surface area contributed by atoms with Crippen LogP contribution in [-0.2, 0) is 6.42 Å². The van der Waals surface area contributed by atoms with Crippen molar-refractivity contribution in [2.24, 2.45) is 0 Å². The van der Waals surface area contributed by atoms with Crippen LogP contribution in [-0.4, -0.2) is 15.5 Å². The molecule has 1 heterocycles. The second kappa shape index (κ2) is 6.22. The second-order valence-electron chi connectivity index (χ2n) is 5.39. The number of hydrogen-bond donors (Lipinski definition) is 2. The predicted molar refractivity (Wildman–Crippen MR) is 85.0 cm³/mol. The van der Waals surface area contributed by atoms with Crippen molar-refractivity contribution < 1.29 is 0 Å². The second-order valence-corrected chi connectivity index (χ2v) is 6.18. The Bertz CT molecular complexity index is 623. The number of benzene rings is 1. The maximum Gasteiger partial charge on any atom is 0.267 e. The Hall–Kier alpha value is -1.62. The summed E-state index contributed by atoms with van der Waals surface area (Å²) < 4.78 is 0.438. The van der Waals surface area contributed by atoms with E-state index >= 15 is 0 Å². The highest BCUT2D eigenvalue weighted by Gasteiger charge is 2.19. The van der Waals surface area contributed by atoms with E-state index in [0.717, 1.165) is 12.8 Å². The average Bonchev–Trinajstić information content (AvgIpc) is 2.43. The van der Waals surface area contributed by atoms with Gasteiger partial charge in [-0.1, -0.05) is 30.3 Å². The summed E-state index contributed by atoms with van der Waals surface area (Å²) in [4.78, 5) is 18.2. The Morgan fingerprint density at radius 3 is 2.70 bits per heavy atom. The number of rotatable bonds is 5. The number of aryl methyl sites for hydroxylation is 1. The average molecular weight is 336 g/mol. The smallest absolute Gasteiger partial charge is 0.267 e. The van der Waals surface area contributed by atoms with E-state index in [1.165, 1.54) is 11.9 Å². The van der Waals surface area contributed by atoms with Crippen LogP contribution in [0.2, 0.25) is 0 Å². The summed E-state index contributed by atoms with van der Waals surface area (Å²) in [5.41, 5.74) is 0.973. The van der Waals surface area contributed by atoms with Crippen molar-refractivity contribution in [3.63, 3.8) is 0 Å². The highest BCUT2D eigenvalue weighted by molar-refractivity contribution is 9.10. The molecule has 5 heteroatoms. The zero-order chi connectivity index (χ0) is 14.6. The van der Waals surface area contributed by atoms with Gasteiger partial charge in [-0.2, -0.15) is 0 Å². The minimum atomic E-state index is -0.179. The minimum absolute atomic E-state index is 0.154. The quantitative estimate of drug-likeness (QED) is 0.880. The van der Waals surface area contributed by atoms with Crippen LogP contribution in [0.4, 0.5) is 5.82 Å². The number of aromatic nitrogens is 2. The molecule has 0 aliphatic heterocycles. The first kappa shape index (κ1) is 14.8. The van der Waals surface area contributed by atoms with Crippen molar-refractivity contribution in [2.45, 2.75) is 32.2 Å². The van der Waals surface area contributed by atoms with Crippen LogP contribution in [0.5, 0.6) is 0 Å². The number of nitrogens with one attached hydrogen (secondary N) is 2. The molecule has 2 aromatic rings. The highest BCUT2D eigenvalue weighted by atomic mass is 79.9. The molecule has 1 aromatic carbocycles. The molecule has 0 amide bonds. The molecule has 0 saturated carbocycles. The van der Waals surface area contributed by atoms with Gasteiger partial charge in [0.15, 0.2) is 0 Å². The summed E-state index contributed by atoms with van der Waals surface area (Å²) in [6.45, 7) is 4.20. The van der Waals surface area contributed by atoms with Crippen molar-refractivity contribution in [3.8, 4) is 0 Å². The molecule has 0 spiro atoms. The third kappa shape index (κ3) is 3.93. The first-order chi connectivity index (χ1) is 9.48.